The molecule has 2 aromatic rings. The van der Waals surface area contributed by atoms with Gasteiger partial charge in [-0.15, -0.1) is 0 Å². The smallest absolute Gasteiger partial charge is 0.125 e. The molecule has 0 amide bonds. The van der Waals surface area contributed by atoms with Crippen molar-refractivity contribution in [3.63, 3.8) is 0 Å². The van der Waals surface area contributed by atoms with Crippen LogP contribution in [-0.4, -0.2) is 18.5 Å². The van der Waals surface area contributed by atoms with Gasteiger partial charge < -0.3 is 9.47 Å². The first kappa shape index (κ1) is 23.8. The number of hydrogen-bond donors (Lipinski definition) is 0. The minimum atomic E-state index is 0.313. The Bertz CT molecular complexity index is 682. The van der Waals surface area contributed by atoms with E-state index in [1.165, 1.54) is 33.4 Å². The Balaban J connectivity index is 2.61. The predicted octanol–water partition coefficient (Wildman–Crippen LogP) is 7.26. The lowest BCUT2D eigenvalue weighted by Gasteiger charge is -2.23. The summed E-state index contributed by atoms with van der Waals surface area (Å²) in [6.07, 6.45) is 3.92. The predicted molar refractivity (Wildman–Crippen MR) is 128 cm³/mol. The summed E-state index contributed by atoms with van der Waals surface area (Å²) in [6, 6.07) is 9.40. The molecule has 0 radical (unpaired) electrons. The molecule has 160 valence electrons. The van der Waals surface area contributed by atoms with Crippen LogP contribution in [-0.2, 0) is 25.7 Å². The summed E-state index contributed by atoms with van der Waals surface area (Å²) in [6.45, 7) is 14.4. The Labute approximate surface area is 186 Å². The Morgan fingerprint density at radius 3 is 1.14 bits per heavy atom. The molecule has 2 aromatic carbocycles. The summed E-state index contributed by atoms with van der Waals surface area (Å²) < 4.78 is 12.0. The van der Waals surface area contributed by atoms with Crippen LogP contribution in [0, 0.1) is 0 Å². The van der Waals surface area contributed by atoms with Crippen LogP contribution in [0.1, 0.15) is 80.8 Å². The molecule has 2 rings (SSSR count). The van der Waals surface area contributed by atoms with Crippen LogP contribution in [0.25, 0.3) is 0 Å². The maximum Gasteiger partial charge on any atom is 0.125 e. The van der Waals surface area contributed by atoms with Crippen molar-refractivity contribution in [1.82, 2.24) is 0 Å². The minimum absolute atomic E-state index is 0.313. The molecule has 0 saturated carbocycles. The van der Waals surface area contributed by atoms with Gasteiger partial charge in [-0.05, 0) is 72.9 Å². The molecule has 0 aliphatic rings. The van der Waals surface area contributed by atoms with E-state index < -0.39 is 0 Å². The molecule has 0 spiro atoms. The molecule has 0 fully saturated rings. The fraction of sp³-hybridized carbons (Fsp3) is 0.538. The van der Waals surface area contributed by atoms with Crippen molar-refractivity contribution in [3.8, 4) is 11.5 Å². The van der Waals surface area contributed by atoms with Crippen molar-refractivity contribution in [1.29, 1.82) is 0 Å². The third-order valence-electron chi connectivity index (χ3n) is 5.59. The van der Waals surface area contributed by atoms with Crippen molar-refractivity contribution in [2.45, 2.75) is 73.1 Å². The highest BCUT2D eigenvalue weighted by Crippen LogP contribution is 2.37. The first-order chi connectivity index (χ1) is 14.1. The van der Waals surface area contributed by atoms with Gasteiger partial charge in [0.15, 0.2) is 0 Å². The number of ether oxygens (including phenoxy) is 2. The van der Waals surface area contributed by atoms with Gasteiger partial charge in [-0.2, -0.15) is 0 Å². The Morgan fingerprint density at radius 1 is 0.621 bits per heavy atom. The maximum atomic E-state index is 6.01. The zero-order valence-corrected chi connectivity index (χ0v) is 20.6. The molecule has 0 N–H and O–H groups in total. The molecule has 2 nitrogen and oxygen atoms in total. The van der Waals surface area contributed by atoms with Gasteiger partial charge in [-0.25, -0.2) is 0 Å². The van der Waals surface area contributed by atoms with E-state index in [0.717, 1.165) is 42.5 Å². The quantitative estimate of drug-likeness (QED) is 0.328. The van der Waals surface area contributed by atoms with Crippen molar-refractivity contribution < 1.29 is 9.47 Å². The third kappa shape index (κ3) is 5.36. The second-order valence-electron chi connectivity index (χ2n) is 7.32. The second-order valence-corrected chi connectivity index (χ2v) is 7.97. The van der Waals surface area contributed by atoms with Crippen LogP contribution in [0.3, 0.4) is 0 Å². The van der Waals surface area contributed by atoms with Gasteiger partial charge in [0.25, 0.3) is 0 Å². The van der Waals surface area contributed by atoms with Crippen molar-refractivity contribution >= 4 is 15.9 Å². The normalized spacial score (nSPS) is 11.2. The van der Waals surface area contributed by atoms with Crippen molar-refractivity contribution in [3.05, 3.63) is 57.6 Å². The fourth-order valence-corrected chi connectivity index (χ4v) is 4.79. The highest BCUT2D eigenvalue weighted by Gasteiger charge is 2.20. The molecular formula is C26H37BrO2. The lowest BCUT2D eigenvalue weighted by molar-refractivity contribution is 0.333. The zero-order chi connectivity index (χ0) is 21.4. The molecule has 0 saturated heterocycles. The van der Waals surface area contributed by atoms with E-state index in [1.807, 2.05) is 0 Å². The standard InChI is InChI=1S/C26H37BrO2/c1-7-18-13-22(14-19(8-2)25(18)28-11-5)24(17-27)23-15-20(9-3)26(29-12-6)21(10-4)16-23/h13-16,24H,7-12,17H2,1-6H3. The van der Waals surface area contributed by atoms with E-state index in [4.69, 9.17) is 9.47 Å². The summed E-state index contributed by atoms with van der Waals surface area (Å²) in [4.78, 5) is 0. The first-order valence-electron chi connectivity index (χ1n) is 11.2. The Hall–Kier alpha value is -1.48. The first-order valence-corrected chi connectivity index (χ1v) is 12.3. The highest BCUT2D eigenvalue weighted by molar-refractivity contribution is 9.09. The molecule has 0 atom stereocenters. The fourth-order valence-electron chi connectivity index (χ4n) is 4.05. The monoisotopic (exact) mass is 460 g/mol. The number of halogens is 1. The zero-order valence-electron chi connectivity index (χ0n) is 19.0. The van der Waals surface area contributed by atoms with Crippen LogP contribution in [0.2, 0.25) is 0 Å². The number of hydrogen-bond acceptors (Lipinski definition) is 2. The molecular weight excluding hydrogens is 424 g/mol. The number of rotatable bonds is 11. The van der Waals surface area contributed by atoms with Crippen molar-refractivity contribution in [2.24, 2.45) is 0 Å². The SMILES string of the molecule is CCOc1c(CC)cc(C(CBr)c2cc(CC)c(OCC)c(CC)c2)cc1CC. The van der Waals surface area contributed by atoms with Gasteiger partial charge in [0.2, 0.25) is 0 Å². The van der Waals surface area contributed by atoms with E-state index in [1.54, 1.807) is 0 Å². The largest absolute Gasteiger partial charge is 0.493 e. The van der Waals surface area contributed by atoms with E-state index in [0.29, 0.717) is 19.1 Å². The molecule has 0 unspecified atom stereocenters. The summed E-state index contributed by atoms with van der Waals surface area (Å²) in [5, 5.41) is 0.896. The summed E-state index contributed by atoms with van der Waals surface area (Å²) in [5.41, 5.74) is 7.97. The molecule has 0 bridgehead atoms. The second kappa shape index (κ2) is 11.6. The molecule has 0 aliphatic carbocycles. The number of aryl methyl sites for hydroxylation is 4. The van der Waals surface area contributed by atoms with Gasteiger partial charge in [-0.3, -0.25) is 0 Å². The molecule has 29 heavy (non-hydrogen) atoms. The van der Waals surface area contributed by atoms with Gasteiger partial charge in [-0.1, -0.05) is 67.9 Å². The average Bonchev–Trinajstić information content (AvgIpc) is 2.75. The van der Waals surface area contributed by atoms with Gasteiger partial charge in [0, 0.05) is 11.2 Å². The summed E-state index contributed by atoms with van der Waals surface area (Å²) in [7, 11) is 0. The van der Waals surface area contributed by atoms with Gasteiger partial charge in [0.05, 0.1) is 13.2 Å². The van der Waals surface area contributed by atoms with E-state index in [2.05, 4.69) is 81.7 Å². The lowest BCUT2D eigenvalue weighted by Crippen LogP contribution is -2.09. The minimum Gasteiger partial charge on any atom is -0.493 e. The highest BCUT2D eigenvalue weighted by atomic mass is 79.9. The lowest BCUT2D eigenvalue weighted by atomic mass is 9.86. The number of benzene rings is 2. The van der Waals surface area contributed by atoms with Crippen molar-refractivity contribution in [2.75, 3.05) is 18.5 Å². The molecule has 3 heteroatoms. The average molecular weight is 461 g/mol. The summed E-state index contributed by atoms with van der Waals surface area (Å²) >= 11 is 3.81. The van der Waals surface area contributed by atoms with Crippen LogP contribution in [0.5, 0.6) is 11.5 Å². The van der Waals surface area contributed by atoms with Gasteiger partial charge in [0.1, 0.15) is 11.5 Å². The van der Waals surface area contributed by atoms with Crippen LogP contribution >= 0.6 is 15.9 Å². The maximum absolute atomic E-state index is 6.01. The summed E-state index contributed by atoms with van der Waals surface area (Å²) in [5.74, 6) is 2.49. The third-order valence-corrected chi connectivity index (χ3v) is 6.24. The topological polar surface area (TPSA) is 18.5 Å². The molecule has 0 aliphatic heterocycles. The molecule has 0 aromatic heterocycles. The number of alkyl halides is 1. The Kier molecular flexibility index (Phi) is 9.55. The van der Waals surface area contributed by atoms with Crippen LogP contribution in [0.4, 0.5) is 0 Å². The Morgan fingerprint density at radius 2 is 0.931 bits per heavy atom. The van der Waals surface area contributed by atoms with E-state index in [-0.39, 0.29) is 0 Å². The van der Waals surface area contributed by atoms with Crippen LogP contribution < -0.4 is 9.47 Å². The van der Waals surface area contributed by atoms with E-state index >= 15 is 0 Å². The molecule has 0 heterocycles. The van der Waals surface area contributed by atoms with E-state index in [9.17, 15) is 0 Å². The van der Waals surface area contributed by atoms with Crippen LogP contribution in [0.15, 0.2) is 24.3 Å². The van der Waals surface area contributed by atoms with Gasteiger partial charge >= 0.3 is 0 Å².